The molecular formula is C19H25ClN2O4. The summed E-state index contributed by atoms with van der Waals surface area (Å²) in [5, 5.41) is 6.17. The van der Waals surface area contributed by atoms with Crippen molar-refractivity contribution in [2.75, 3.05) is 19.8 Å². The molecule has 1 aromatic carbocycles. The molecule has 0 radical (unpaired) electrons. The highest BCUT2D eigenvalue weighted by atomic mass is 35.5. The molecule has 2 aliphatic rings. The Kier molecular flexibility index (Phi) is 6.88. The van der Waals surface area contributed by atoms with Gasteiger partial charge in [0.1, 0.15) is 6.61 Å². The molecule has 0 spiro atoms. The van der Waals surface area contributed by atoms with E-state index >= 15 is 0 Å². The first-order valence-electron chi connectivity index (χ1n) is 9.20. The van der Waals surface area contributed by atoms with Gasteiger partial charge in [-0.1, -0.05) is 42.6 Å². The third kappa shape index (κ3) is 4.96. The molecule has 1 heterocycles. The maximum atomic E-state index is 12.5. The summed E-state index contributed by atoms with van der Waals surface area (Å²) < 4.78 is 11.3. The van der Waals surface area contributed by atoms with Crippen LogP contribution in [0.25, 0.3) is 0 Å². The highest BCUT2D eigenvalue weighted by Gasteiger charge is 2.36. The number of ether oxygens (including phenoxy) is 2. The molecule has 1 aliphatic carbocycles. The lowest BCUT2D eigenvalue weighted by atomic mass is 9.99. The molecule has 26 heavy (non-hydrogen) atoms. The molecule has 2 fully saturated rings. The van der Waals surface area contributed by atoms with E-state index in [9.17, 15) is 9.59 Å². The lowest BCUT2D eigenvalue weighted by molar-refractivity contribution is -0.148. The standard InChI is InChI=1S/C19H25ClN2O4/c20-15-9-4-3-8-14(15)17-18(26-12-16(23)22-17)19(24)21-10-5-11-25-13-6-1-2-7-13/h3-4,8-9,13,17-18H,1-2,5-7,10-12H2,(H,21,24)(H,22,23)/t17-,18+/m1/s1. The summed E-state index contributed by atoms with van der Waals surface area (Å²) in [5.41, 5.74) is 0.673. The molecule has 7 heteroatoms. The van der Waals surface area contributed by atoms with Crippen molar-refractivity contribution >= 4 is 23.4 Å². The Labute approximate surface area is 158 Å². The van der Waals surface area contributed by atoms with Crippen molar-refractivity contribution in [3.8, 4) is 0 Å². The first kappa shape index (κ1) is 19.1. The van der Waals surface area contributed by atoms with E-state index in [1.165, 1.54) is 12.8 Å². The van der Waals surface area contributed by atoms with Crippen molar-refractivity contribution in [3.05, 3.63) is 34.9 Å². The minimum Gasteiger partial charge on any atom is -0.378 e. The van der Waals surface area contributed by atoms with Crippen LogP contribution in [0.15, 0.2) is 24.3 Å². The number of hydrogen-bond acceptors (Lipinski definition) is 4. The second-order valence-electron chi connectivity index (χ2n) is 6.72. The minimum atomic E-state index is -0.802. The number of benzene rings is 1. The predicted molar refractivity (Wildman–Crippen MR) is 97.9 cm³/mol. The van der Waals surface area contributed by atoms with Crippen LogP contribution in [0.2, 0.25) is 5.02 Å². The number of nitrogens with one attached hydrogen (secondary N) is 2. The van der Waals surface area contributed by atoms with Gasteiger partial charge in [0.25, 0.3) is 5.91 Å². The molecule has 0 bridgehead atoms. The molecule has 1 aliphatic heterocycles. The van der Waals surface area contributed by atoms with Gasteiger partial charge in [0.15, 0.2) is 6.10 Å². The van der Waals surface area contributed by atoms with Gasteiger partial charge < -0.3 is 20.1 Å². The maximum Gasteiger partial charge on any atom is 0.251 e. The average Bonchev–Trinajstić information content (AvgIpc) is 3.15. The molecular weight excluding hydrogens is 356 g/mol. The van der Waals surface area contributed by atoms with E-state index in [1.807, 2.05) is 6.07 Å². The van der Waals surface area contributed by atoms with Crippen molar-refractivity contribution in [1.82, 2.24) is 10.6 Å². The van der Waals surface area contributed by atoms with Crippen LogP contribution in [0.4, 0.5) is 0 Å². The molecule has 0 unspecified atom stereocenters. The van der Waals surface area contributed by atoms with Crippen molar-refractivity contribution in [2.24, 2.45) is 0 Å². The van der Waals surface area contributed by atoms with Gasteiger partial charge in [-0.15, -0.1) is 0 Å². The fourth-order valence-electron chi connectivity index (χ4n) is 3.44. The number of carbonyl (C=O) groups excluding carboxylic acids is 2. The fraction of sp³-hybridized carbons (Fsp3) is 0.579. The van der Waals surface area contributed by atoms with Crippen LogP contribution in [0.3, 0.4) is 0 Å². The Morgan fingerprint density at radius 2 is 2.08 bits per heavy atom. The number of morpholine rings is 1. The van der Waals surface area contributed by atoms with Crippen molar-refractivity contribution in [3.63, 3.8) is 0 Å². The van der Waals surface area contributed by atoms with Gasteiger partial charge in [-0.25, -0.2) is 0 Å². The Balaban J connectivity index is 1.51. The van der Waals surface area contributed by atoms with Crippen LogP contribution in [-0.2, 0) is 19.1 Å². The zero-order chi connectivity index (χ0) is 18.4. The molecule has 3 rings (SSSR count). The van der Waals surface area contributed by atoms with E-state index in [2.05, 4.69) is 10.6 Å². The van der Waals surface area contributed by atoms with Gasteiger partial charge in [-0.2, -0.15) is 0 Å². The Hall–Kier alpha value is -1.63. The number of halogens is 1. The quantitative estimate of drug-likeness (QED) is 0.712. The van der Waals surface area contributed by atoms with Crippen LogP contribution in [0.5, 0.6) is 0 Å². The minimum absolute atomic E-state index is 0.135. The highest BCUT2D eigenvalue weighted by molar-refractivity contribution is 6.31. The monoisotopic (exact) mass is 380 g/mol. The zero-order valence-electron chi connectivity index (χ0n) is 14.7. The van der Waals surface area contributed by atoms with Crippen LogP contribution in [0.1, 0.15) is 43.7 Å². The van der Waals surface area contributed by atoms with Gasteiger partial charge in [0, 0.05) is 18.2 Å². The second kappa shape index (κ2) is 9.35. The lowest BCUT2D eigenvalue weighted by Gasteiger charge is -2.32. The molecule has 2 amide bonds. The van der Waals surface area contributed by atoms with Crippen LogP contribution in [-0.4, -0.2) is 43.8 Å². The topological polar surface area (TPSA) is 76.7 Å². The van der Waals surface area contributed by atoms with Crippen LogP contribution >= 0.6 is 11.6 Å². The molecule has 142 valence electrons. The van der Waals surface area contributed by atoms with E-state index in [0.717, 1.165) is 19.3 Å². The third-order valence-electron chi connectivity index (χ3n) is 4.79. The van der Waals surface area contributed by atoms with Gasteiger partial charge in [-0.05, 0) is 30.9 Å². The molecule has 2 atom stereocenters. The van der Waals surface area contributed by atoms with Gasteiger partial charge in [0.05, 0.1) is 12.1 Å². The zero-order valence-corrected chi connectivity index (χ0v) is 15.5. The number of amides is 2. The van der Waals surface area contributed by atoms with E-state index in [-0.39, 0.29) is 18.4 Å². The van der Waals surface area contributed by atoms with Crippen molar-refractivity contribution in [1.29, 1.82) is 0 Å². The largest absolute Gasteiger partial charge is 0.378 e. The molecule has 1 saturated heterocycles. The Morgan fingerprint density at radius 1 is 1.31 bits per heavy atom. The fourth-order valence-corrected chi connectivity index (χ4v) is 3.69. The van der Waals surface area contributed by atoms with Gasteiger partial charge in [-0.3, -0.25) is 9.59 Å². The number of rotatable bonds is 7. The number of hydrogen-bond donors (Lipinski definition) is 2. The predicted octanol–water partition coefficient (Wildman–Crippen LogP) is 2.36. The molecule has 6 nitrogen and oxygen atoms in total. The van der Waals surface area contributed by atoms with Crippen LogP contribution in [0, 0.1) is 0 Å². The van der Waals surface area contributed by atoms with Crippen molar-refractivity contribution in [2.45, 2.75) is 50.4 Å². The summed E-state index contributed by atoms with van der Waals surface area (Å²) in [6, 6.07) is 6.54. The first-order valence-corrected chi connectivity index (χ1v) is 9.57. The second-order valence-corrected chi connectivity index (χ2v) is 7.13. The van der Waals surface area contributed by atoms with Gasteiger partial charge >= 0.3 is 0 Å². The summed E-state index contributed by atoms with van der Waals surface area (Å²) in [7, 11) is 0. The molecule has 2 N–H and O–H groups in total. The summed E-state index contributed by atoms with van der Waals surface area (Å²) in [6.45, 7) is 1.01. The summed E-state index contributed by atoms with van der Waals surface area (Å²) in [4.78, 5) is 24.3. The highest BCUT2D eigenvalue weighted by Crippen LogP contribution is 2.28. The van der Waals surface area contributed by atoms with Gasteiger partial charge in [0.2, 0.25) is 5.91 Å². The summed E-state index contributed by atoms with van der Waals surface area (Å²) >= 11 is 6.23. The molecule has 1 saturated carbocycles. The van der Waals surface area contributed by atoms with Crippen LogP contribution < -0.4 is 10.6 Å². The normalized spacial score (nSPS) is 23.7. The lowest BCUT2D eigenvalue weighted by Crippen LogP contribution is -2.52. The van der Waals surface area contributed by atoms with E-state index in [0.29, 0.717) is 29.8 Å². The molecule has 0 aromatic heterocycles. The first-order chi connectivity index (χ1) is 12.6. The smallest absolute Gasteiger partial charge is 0.251 e. The molecule has 1 aromatic rings. The number of carbonyl (C=O) groups is 2. The average molecular weight is 381 g/mol. The summed E-state index contributed by atoms with van der Waals surface area (Å²) in [5.74, 6) is -0.514. The van der Waals surface area contributed by atoms with Crippen molar-refractivity contribution < 1.29 is 19.1 Å². The SMILES string of the molecule is O=C1CO[C@H](C(=O)NCCCOC2CCCC2)[C@@H](c2ccccc2Cl)N1. The Morgan fingerprint density at radius 3 is 2.85 bits per heavy atom. The third-order valence-corrected chi connectivity index (χ3v) is 5.13. The summed E-state index contributed by atoms with van der Waals surface area (Å²) in [6.07, 6.45) is 5.10. The van der Waals surface area contributed by atoms with E-state index in [4.69, 9.17) is 21.1 Å². The Bertz CT molecular complexity index is 634. The maximum absolute atomic E-state index is 12.5. The van der Waals surface area contributed by atoms with E-state index in [1.54, 1.807) is 18.2 Å². The van der Waals surface area contributed by atoms with E-state index < -0.39 is 12.1 Å².